The van der Waals surface area contributed by atoms with Crippen LogP contribution in [0.5, 0.6) is 0 Å². The standard InChI is InChI=1S/C28H32N2O8/c1-27(2)11-19(31)17(23(33)21(27)25(35)37-5)13-29-15-7-9-16(10-8-15)30-14-18-20(32)12-28(3,4)22(24(18)34)26(36)38-6/h7-10,13-14,21-22,33-34H,11-12H2,1-6H3/t21-,22-/m1/s1. The molecule has 202 valence electrons. The van der Waals surface area contributed by atoms with Crippen molar-refractivity contribution in [3.05, 3.63) is 46.9 Å². The third kappa shape index (κ3) is 5.58. The molecular weight excluding hydrogens is 492 g/mol. The Balaban J connectivity index is 1.83. The van der Waals surface area contributed by atoms with Gasteiger partial charge < -0.3 is 19.7 Å². The van der Waals surface area contributed by atoms with E-state index in [4.69, 9.17) is 9.47 Å². The molecule has 0 fully saturated rings. The SMILES string of the molecule is COC(=O)[C@H]1C(O)=C(C=Nc2ccc(N=CC3=C(O)[C@H](C(=O)OC)C(C)(C)CC3=O)cc2)C(=O)CC1(C)C. The summed E-state index contributed by atoms with van der Waals surface area (Å²) in [5.41, 5.74) is -0.825. The summed E-state index contributed by atoms with van der Waals surface area (Å²) in [6, 6.07) is 6.42. The van der Waals surface area contributed by atoms with E-state index in [1.165, 1.54) is 26.6 Å². The van der Waals surface area contributed by atoms with Crippen molar-refractivity contribution in [1.82, 2.24) is 0 Å². The quantitative estimate of drug-likeness (QED) is 0.413. The number of rotatable bonds is 6. The van der Waals surface area contributed by atoms with E-state index in [-0.39, 0.29) is 47.1 Å². The summed E-state index contributed by atoms with van der Waals surface area (Å²) in [6.45, 7) is 6.85. The predicted octanol–water partition coefficient (Wildman–Crippen LogP) is 4.29. The Hall–Kier alpha value is -4.08. The van der Waals surface area contributed by atoms with Crippen LogP contribution >= 0.6 is 0 Å². The van der Waals surface area contributed by atoms with Crippen molar-refractivity contribution in [2.45, 2.75) is 40.5 Å². The number of ether oxygens (including phenoxy) is 2. The molecule has 0 aliphatic heterocycles. The van der Waals surface area contributed by atoms with E-state index >= 15 is 0 Å². The van der Waals surface area contributed by atoms with E-state index < -0.39 is 34.6 Å². The van der Waals surface area contributed by atoms with Crippen molar-refractivity contribution in [3.63, 3.8) is 0 Å². The Kier molecular flexibility index (Phi) is 8.04. The normalized spacial score (nSPS) is 23.3. The van der Waals surface area contributed by atoms with Gasteiger partial charge in [0.1, 0.15) is 23.4 Å². The number of ketones is 2. The number of aliphatic hydroxyl groups is 2. The fraction of sp³-hybridized carbons (Fsp3) is 0.429. The first-order chi connectivity index (χ1) is 17.7. The zero-order valence-corrected chi connectivity index (χ0v) is 22.3. The summed E-state index contributed by atoms with van der Waals surface area (Å²) >= 11 is 0. The molecule has 0 saturated carbocycles. The number of hydrogen-bond donors (Lipinski definition) is 2. The largest absolute Gasteiger partial charge is 0.511 e. The van der Waals surface area contributed by atoms with Gasteiger partial charge in [-0.3, -0.25) is 29.2 Å². The smallest absolute Gasteiger partial charge is 0.316 e. The van der Waals surface area contributed by atoms with Crippen molar-refractivity contribution in [3.8, 4) is 0 Å². The monoisotopic (exact) mass is 524 g/mol. The van der Waals surface area contributed by atoms with Crippen LogP contribution in [0.3, 0.4) is 0 Å². The Labute approximate surface area is 220 Å². The van der Waals surface area contributed by atoms with E-state index in [9.17, 15) is 29.4 Å². The highest BCUT2D eigenvalue weighted by Gasteiger charge is 2.47. The lowest BCUT2D eigenvalue weighted by atomic mass is 9.68. The molecule has 0 saturated heterocycles. The van der Waals surface area contributed by atoms with E-state index in [1.807, 2.05) is 0 Å². The number of Topliss-reactive ketones (excluding diaryl/α,β-unsaturated/α-hetero) is 2. The van der Waals surface area contributed by atoms with Gasteiger partial charge in [0, 0.05) is 25.3 Å². The molecule has 0 unspecified atom stereocenters. The molecule has 0 spiro atoms. The minimum Gasteiger partial charge on any atom is -0.511 e. The molecular formula is C28H32N2O8. The molecule has 10 nitrogen and oxygen atoms in total. The van der Waals surface area contributed by atoms with E-state index in [1.54, 1.807) is 52.0 Å². The zero-order valence-electron chi connectivity index (χ0n) is 22.3. The van der Waals surface area contributed by atoms with Gasteiger partial charge in [0.15, 0.2) is 11.6 Å². The van der Waals surface area contributed by atoms with E-state index in [0.29, 0.717) is 11.4 Å². The number of methoxy groups -OCH3 is 2. The number of benzene rings is 1. The molecule has 2 atom stereocenters. The summed E-state index contributed by atoms with van der Waals surface area (Å²) in [6.07, 6.45) is 2.53. The molecule has 2 N–H and O–H groups in total. The van der Waals surface area contributed by atoms with Gasteiger partial charge in [0.25, 0.3) is 0 Å². The average molecular weight is 525 g/mol. The van der Waals surface area contributed by atoms with Crippen molar-refractivity contribution in [2.75, 3.05) is 14.2 Å². The third-order valence-corrected chi connectivity index (χ3v) is 6.90. The maximum Gasteiger partial charge on any atom is 0.316 e. The van der Waals surface area contributed by atoms with Crippen LogP contribution in [0.15, 0.2) is 56.9 Å². The first kappa shape index (κ1) is 28.5. The van der Waals surface area contributed by atoms with Crippen LogP contribution in [-0.2, 0) is 28.7 Å². The highest BCUT2D eigenvalue weighted by Crippen LogP contribution is 2.43. The minimum atomic E-state index is -0.985. The number of esters is 2. The summed E-state index contributed by atoms with van der Waals surface area (Å²) in [4.78, 5) is 58.1. The number of aliphatic hydroxyl groups excluding tert-OH is 2. The Bertz CT molecular complexity index is 1180. The van der Waals surface area contributed by atoms with Crippen molar-refractivity contribution < 1.29 is 38.9 Å². The van der Waals surface area contributed by atoms with Crippen LogP contribution in [0.1, 0.15) is 40.5 Å². The topological polar surface area (TPSA) is 152 Å². The molecule has 0 aromatic heterocycles. The van der Waals surface area contributed by atoms with Crippen molar-refractivity contribution in [1.29, 1.82) is 0 Å². The maximum atomic E-state index is 12.6. The number of nitrogens with zero attached hydrogens (tertiary/aromatic N) is 2. The summed E-state index contributed by atoms with van der Waals surface area (Å²) < 4.78 is 9.61. The first-order valence-corrected chi connectivity index (χ1v) is 12.0. The van der Waals surface area contributed by atoms with Gasteiger partial charge in [-0.1, -0.05) is 27.7 Å². The second-order valence-electron chi connectivity index (χ2n) is 10.7. The van der Waals surface area contributed by atoms with Gasteiger partial charge in [-0.05, 0) is 35.1 Å². The van der Waals surface area contributed by atoms with Gasteiger partial charge in [-0.2, -0.15) is 0 Å². The highest BCUT2D eigenvalue weighted by atomic mass is 16.5. The van der Waals surface area contributed by atoms with Crippen LogP contribution in [0.25, 0.3) is 0 Å². The van der Waals surface area contributed by atoms with Crippen LogP contribution in [0.2, 0.25) is 0 Å². The first-order valence-electron chi connectivity index (χ1n) is 12.0. The molecule has 3 rings (SSSR count). The number of hydrogen-bond acceptors (Lipinski definition) is 10. The summed E-state index contributed by atoms with van der Waals surface area (Å²) in [7, 11) is 2.44. The summed E-state index contributed by atoms with van der Waals surface area (Å²) in [5.74, 6) is -4.66. The number of allylic oxidation sites excluding steroid dienone is 2. The van der Waals surface area contributed by atoms with E-state index in [2.05, 4.69) is 9.98 Å². The number of carbonyl (C=O) groups excluding carboxylic acids is 4. The molecule has 0 amide bonds. The van der Waals surface area contributed by atoms with Gasteiger partial charge in [-0.15, -0.1) is 0 Å². The van der Waals surface area contributed by atoms with Crippen LogP contribution in [-0.4, -0.2) is 60.4 Å². The van der Waals surface area contributed by atoms with E-state index in [0.717, 1.165) is 0 Å². The second-order valence-corrected chi connectivity index (χ2v) is 10.7. The predicted molar refractivity (Wildman–Crippen MR) is 140 cm³/mol. The molecule has 2 aliphatic rings. The van der Waals surface area contributed by atoms with Gasteiger partial charge >= 0.3 is 11.9 Å². The molecule has 1 aromatic rings. The van der Waals surface area contributed by atoms with Crippen LogP contribution in [0.4, 0.5) is 11.4 Å². The molecule has 2 aliphatic carbocycles. The zero-order chi connectivity index (χ0) is 28.4. The number of aliphatic imine (C=N–C) groups is 2. The minimum absolute atomic E-state index is 0.0429. The van der Waals surface area contributed by atoms with Gasteiger partial charge in [0.05, 0.1) is 36.7 Å². The Morgan fingerprint density at radius 2 is 1.08 bits per heavy atom. The maximum absolute atomic E-state index is 12.6. The van der Waals surface area contributed by atoms with Crippen molar-refractivity contribution >= 4 is 47.3 Å². The summed E-state index contributed by atoms with van der Waals surface area (Å²) in [5, 5.41) is 21.3. The van der Waals surface area contributed by atoms with Gasteiger partial charge in [0.2, 0.25) is 0 Å². The lowest BCUT2D eigenvalue weighted by Gasteiger charge is -2.35. The van der Waals surface area contributed by atoms with Crippen molar-refractivity contribution in [2.24, 2.45) is 32.7 Å². The lowest BCUT2D eigenvalue weighted by Crippen LogP contribution is -2.40. The third-order valence-electron chi connectivity index (χ3n) is 6.90. The fourth-order valence-electron chi connectivity index (χ4n) is 4.84. The molecule has 0 radical (unpaired) electrons. The second kappa shape index (κ2) is 10.7. The molecule has 10 heteroatoms. The molecule has 0 bridgehead atoms. The Morgan fingerprint density at radius 3 is 1.37 bits per heavy atom. The number of carbonyl (C=O) groups is 4. The van der Waals surface area contributed by atoms with Crippen LogP contribution in [0, 0.1) is 22.7 Å². The average Bonchev–Trinajstić information content (AvgIpc) is 2.82. The molecule has 38 heavy (non-hydrogen) atoms. The van der Waals surface area contributed by atoms with Crippen LogP contribution < -0.4 is 0 Å². The Morgan fingerprint density at radius 1 is 0.763 bits per heavy atom. The molecule has 0 heterocycles. The van der Waals surface area contributed by atoms with Gasteiger partial charge in [-0.25, -0.2) is 0 Å². The fourth-order valence-corrected chi connectivity index (χ4v) is 4.84. The highest BCUT2D eigenvalue weighted by molar-refractivity contribution is 6.16. The molecule has 1 aromatic carbocycles. The lowest BCUT2D eigenvalue weighted by molar-refractivity contribution is -0.151.